The zero-order valence-corrected chi connectivity index (χ0v) is 26.6. The van der Waals surface area contributed by atoms with Crippen LogP contribution in [0.25, 0.3) is 88.6 Å². The molecule has 0 spiro atoms. The zero-order chi connectivity index (χ0) is 32.2. The van der Waals surface area contributed by atoms with Crippen molar-refractivity contribution >= 4 is 43.6 Å². The van der Waals surface area contributed by atoms with Gasteiger partial charge in [-0.3, -0.25) is 0 Å². The molecule has 0 bridgehead atoms. The van der Waals surface area contributed by atoms with E-state index < -0.39 is 0 Å². The Morgan fingerprint density at radius 3 is 0.917 bits per heavy atom. The minimum atomic E-state index is 0.898. The van der Waals surface area contributed by atoms with Crippen molar-refractivity contribution < 1.29 is 0 Å². The SMILES string of the molecule is Cc1ccc(-c2ccc3ccc4ccc(-c5cccc(-c6ccc7ccc8ccc(-c9ccc(C)cc9)nc8c7n6)c5)nc4c3n2)cc1. The highest BCUT2D eigenvalue weighted by atomic mass is 14.8. The predicted molar refractivity (Wildman–Crippen MR) is 199 cm³/mol. The van der Waals surface area contributed by atoms with Gasteiger partial charge in [0.05, 0.1) is 44.8 Å². The zero-order valence-electron chi connectivity index (χ0n) is 26.6. The van der Waals surface area contributed by atoms with Gasteiger partial charge in [0.25, 0.3) is 0 Å². The minimum Gasteiger partial charge on any atom is -0.245 e. The Labute approximate surface area is 278 Å². The molecule has 0 saturated heterocycles. The molecule has 0 fully saturated rings. The average Bonchev–Trinajstić information content (AvgIpc) is 3.14. The number of aromatic nitrogens is 4. The van der Waals surface area contributed by atoms with E-state index in [9.17, 15) is 0 Å². The first kappa shape index (κ1) is 28.0. The number of rotatable bonds is 4. The van der Waals surface area contributed by atoms with Crippen molar-refractivity contribution in [2.24, 2.45) is 0 Å². The van der Waals surface area contributed by atoms with Crippen LogP contribution in [-0.4, -0.2) is 19.9 Å². The van der Waals surface area contributed by atoms with Crippen molar-refractivity contribution in [3.8, 4) is 45.0 Å². The average molecular weight is 615 g/mol. The maximum Gasteiger partial charge on any atom is 0.0972 e. The molecule has 0 aliphatic rings. The van der Waals surface area contributed by atoms with Crippen LogP contribution >= 0.6 is 0 Å². The lowest BCUT2D eigenvalue weighted by Gasteiger charge is -2.10. The van der Waals surface area contributed by atoms with Crippen LogP contribution in [0.15, 0.2) is 146 Å². The van der Waals surface area contributed by atoms with E-state index in [1.54, 1.807) is 0 Å². The van der Waals surface area contributed by atoms with Crippen molar-refractivity contribution in [2.75, 3.05) is 0 Å². The Balaban J connectivity index is 1.13. The van der Waals surface area contributed by atoms with Gasteiger partial charge in [0.15, 0.2) is 0 Å². The molecule has 4 aromatic heterocycles. The molecule has 0 atom stereocenters. The maximum atomic E-state index is 5.20. The van der Waals surface area contributed by atoms with Crippen LogP contribution < -0.4 is 0 Å². The van der Waals surface area contributed by atoms with Crippen molar-refractivity contribution in [1.29, 1.82) is 0 Å². The van der Waals surface area contributed by atoms with E-state index in [-0.39, 0.29) is 0 Å². The minimum absolute atomic E-state index is 0.898. The van der Waals surface area contributed by atoms with E-state index in [1.165, 1.54) is 11.1 Å². The van der Waals surface area contributed by atoms with E-state index in [1.807, 2.05) is 0 Å². The van der Waals surface area contributed by atoms with Crippen LogP contribution in [0, 0.1) is 13.8 Å². The molecule has 0 unspecified atom stereocenters. The molecule has 226 valence electrons. The first-order valence-electron chi connectivity index (χ1n) is 16.2. The highest BCUT2D eigenvalue weighted by Gasteiger charge is 2.12. The summed E-state index contributed by atoms with van der Waals surface area (Å²) in [4.78, 5) is 20.6. The number of hydrogen-bond donors (Lipinski definition) is 0. The number of fused-ring (bicyclic) bond motifs is 6. The Bertz CT molecular complexity index is 2490. The van der Waals surface area contributed by atoms with Crippen molar-refractivity contribution in [3.63, 3.8) is 0 Å². The van der Waals surface area contributed by atoms with E-state index in [4.69, 9.17) is 19.9 Å². The number of pyridine rings is 4. The molecule has 9 rings (SSSR count). The monoisotopic (exact) mass is 614 g/mol. The molecule has 4 heterocycles. The second-order valence-electron chi connectivity index (χ2n) is 12.5. The van der Waals surface area contributed by atoms with E-state index in [0.717, 1.165) is 88.6 Å². The van der Waals surface area contributed by atoms with Crippen molar-refractivity contribution in [1.82, 2.24) is 19.9 Å². The first-order chi connectivity index (χ1) is 23.6. The third kappa shape index (κ3) is 4.95. The summed E-state index contributed by atoms with van der Waals surface area (Å²) in [5.41, 5.74) is 14.0. The van der Waals surface area contributed by atoms with E-state index in [0.29, 0.717) is 0 Å². The van der Waals surface area contributed by atoms with Gasteiger partial charge >= 0.3 is 0 Å². The summed E-state index contributed by atoms with van der Waals surface area (Å²) in [5, 5.41) is 4.28. The smallest absolute Gasteiger partial charge is 0.0972 e. The summed E-state index contributed by atoms with van der Waals surface area (Å²) in [6.45, 7) is 4.20. The van der Waals surface area contributed by atoms with Gasteiger partial charge in [-0.15, -0.1) is 0 Å². The van der Waals surface area contributed by atoms with Gasteiger partial charge in [-0.05, 0) is 44.2 Å². The molecule has 48 heavy (non-hydrogen) atoms. The lowest BCUT2D eigenvalue weighted by molar-refractivity contribution is 1.35. The summed E-state index contributed by atoms with van der Waals surface area (Å²) in [6.07, 6.45) is 0. The summed E-state index contributed by atoms with van der Waals surface area (Å²) in [6, 6.07) is 50.9. The lowest BCUT2D eigenvalue weighted by Crippen LogP contribution is -1.92. The highest BCUT2D eigenvalue weighted by molar-refractivity contribution is 6.05. The molecule has 5 aromatic carbocycles. The molecule has 0 saturated carbocycles. The summed E-state index contributed by atoms with van der Waals surface area (Å²) >= 11 is 0. The molecule has 0 N–H and O–H groups in total. The van der Waals surface area contributed by atoms with E-state index in [2.05, 4.69) is 159 Å². The number of nitrogens with zero attached hydrogens (tertiary/aromatic N) is 4. The van der Waals surface area contributed by atoms with Crippen LogP contribution in [-0.2, 0) is 0 Å². The van der Waals surface area contributed by atoms with Gasteiger partial charge in [0.2, 0.25) is 0 Å². The van der Waals surface area contributed by atoms with Crippen LogP contribution in [0.4, 0.5) is 0 Å². The third-order valence-electron chi connectivity index (χ3n) is 9.19. The number of hydrogen-bond acceptors (Lipinski definition) is 4. The molecule has 9 aromatic rings. The molecule has 0 amide bonds. The van der Waals surface area contributed by atoms with Crippen LogP contribution in [0.1, 0.15) is 11.1 Å². The second-order valence-corrected chi connectivity index (χ2v) is 12.5. The fourth-order valence-electron chi connectivity index (χ4n) is 6.47. The topological polar surface area (TPSA) is 51.6 Å². The van der Waals surface area contributed by atoms with Gasteiger partial charge in [-0.25, -0.2) is 19.9 Å². The standard InChI is InChI=1S/C44H30N4/c1-27-6-10-29(11-7-27)37-22-18-31-14-16-33-20-24-39(47-43(33)41(31)45-37)35-4-3-5-36(26-35)40-25-21-34-17-15-32-19-23-38(46-42(32)44(34)48-40)30-12-8-28(2)9-13-30/h3-26H,1-2H3. The quantitative estimate of drug-likeness (QED) is 0.185. The Kier molecular flexibility index (Phi) is 6.54. The predicted octanol–water partition coefficient (Wildman–Crippen LogP) is 11.2. The molecule has 0 aliphatic carbocycles. The van der Waals surface area contributed by atoms with Gasteiger partial charge < -0.3 is 0 Å². The van der Waals surface area contributed by atoms with Gasteiger partial charge in [0, 0.05) is 43.8 Å². The Morgan fingerprint density at radius 1 is 0.292 bits per heavy atom. The van der Waals surface area contributed by atoms with Gasteiger partial charge in [-0.2, -0.15) is 0 Å². The maximum absolute atomic E-state index is 5.20. The van der Waals surface area contributed by atoms with Gasteiger partial charge in [0.1, 0.15) is 0 Å². The first-order valence-corrected chi connectivity index (χ1v) is 16.2. The molecular formula is C44H30N4. The Hall–Kier alpha value is -6.26. The number of aryl methyl sites for hydroxylation is 2. The van der Waals surface area contributed by atoms with Crippen LogP contribution in [0.2, 0.25) is 0 Å². The molecule has 0 aliphatic heterocycles. The molecule has 0 radical (unpaired) electrons. The molecule has 4 nitrogen and oxygen atoms in total. The van der Waals surface area contributed by atoms with Gasteiger partial charge in [-0.1, -0.05) is 126 Å². The second kappa shape index (κ2) is 11.2. The third-order valence-corrected chi connectivity index (χ3v) is 9.19. The van der Waals surface area contributed by atoms with Crippen molar-refractivity contribution in [3.05, 3.63) is 157 Å². The summed E-state index contributed by atoms with van der Waals surface area (Å²) < 4.78 is 0. The molecular weight excluding hydrogens is 585 g/mol. The van der Waals surface area contributed by atoms with E-state index >= 15 is 0 Å². The summed E-state index contributed by atoms with van der Waals surface area (Å²) in [7, 11) is 0. The number of benzene rings is 5. The fourth-order valence-corrected chi connectivity index (χ4v) is 6.47. The highest BCUT2D eigenvalue weighted by Crippen LogP contribution is 2.32. The van der Waals surface area contributed by atoms with Crippen LogP contribution in [0.5, 0.6) is 0 Å². The normalized spacial score (nSPS) is 11.5. The fraction of sp³-hybridized carbons (Fsp3) is 0.0455. The van der Waals surface area contributed by atoms with Crippen molar-refractivity contribution in [2.45, 2.75) is 13.8 Å². The summed E-state index contributed by atoms with van der Waals surface area (Å²) in [5.74, 6) is 0. The van der Waals surface area contributed by atoms with Crippen LogP contribution in [0.3, 0.4) is 0 Å². The Morgan fingerprint density at radius 2 is 0.583 bits per heavy atom. The largest absolute Gasteiger partial charge is 0.245 e. The molecule has 4 heteroatoms. The lowest BCUT2D eigenvalue weighted by atomic mass is 10.0.